The van der Waals surface area contributed by atoms with Gasteiger partial charge in [-0.05, 0) is 43.7 Å². The molecule has 0 atom stereocenters. The highest BCUT2D eigenvalue weighted by Gasteiger charge is 2.43. The van der Waals surface area contributed by atoms with Gasteiger partial charge < -0.3 is 9.64 Å². The van der Waals surface area contributed by atoms with Crippen molar-refractivity contribution in [3.05, 3.63) is 95.2 Å². The van der Waals surface area contributed by atoms with Crippen LogP contribution in [0.25, 0.3) is 5.57 Å². The molecule has 1 aliphatic heterocycles. The van der Waals surface area contributed by atoms with E-state index in [1.807, 2.05) is 80.6 Å². The smallest absolute Gasteiger partial charge is 0.282 e. The van der Waals surface area contributed by atoms with Crippen molar-refractivity contribution < 1.29 is 14.3 Å². The monoisotopic (exact) mass is 412 g/mol. The first-order valence-corrected chi connectivity index (χ1v) is 10.1. The number of anilines is 2. The third-order valence-electron chi connectivity index (χ3n) is 5.51. The number of carbonyl (C=O) groups is 2. The first-order valence-electron chi connectivity index (χ1n) is 10.1. The molecule has 0 fully saturated rings. The van der Waals surface area contributed by atoms with E-state index in [2.05, 4.69) is 0 Å². The van der Waals surface area contributed by atoms with E-state index < -0.39 is 0 Å². The summed E-state index contributed by atoms with van der Waals surface area (Å²) >= 11 is 0. The van der Waals surface area contributed by atoms with Gasteiger partial charge in [0, 0.05) is 18.3 Å². The zero-order chi connectivity index (χ0) is 22.1. The van der Waals surface area contributed by atoms with Crippen LogP contribution in [0, 0.1) is 13.8 Å². The molecule has 1 heterocycles. The van der Waals surface area contributed by atoms with Crippen molar-refractivity contribution in [3.8, 4) is 5.75 Å². The van der Waals surface area contributed by atoms with E-state index in [9.17, 15) is 9.59 Å². The maximum atomic E-state index is 13.7. The summed E-state index contributed by atoms with van der Waals surface area (Å²) in [5, 5.41) is 0. The van der Waals surface area contributed by atoms with Gasteiger partial charge >= 0.3 is 0 Å². The van der Waals surface area contributed by atoms with Gasteiger partial charge in [-0.25, -0.2) is 4.90 Å². The van der Waals surface area contributed by atoms with Crippen LogP contribution in [0.2, 0.25) is 0 Å². The van der Waals surface area contributed by atoms with Crippen molar-refractivity contribution >= 4 is 28.8 Å². The number of benzene rings is 3. The summed E-state index contributed by atoms with van der Waals surface area (Å²) in [7, 11) is 3.36. The van der Waals surface area contributed by atoms with Gasteiger partial charge in [-0.15, -0.1) is 0 Å². The summed E-state index contributed by atoms with van der Waals surface area (Å²) in [4.78, 5) is 30.5. The Hall–Kier alpha value is -3.86. The predicted octanol–water partition coefficient (Wildman–Crippen LogP) is 4.73. The van der Waals surface area contributed by atoms with Crippen LogP contribution in [0.3, 0.4) is 0 Å². The molecule has 0 saturated heterocycles. The third-order valence-corrected chi connectivity index (χ3v) is 5.51. The molecule has 5 heteroatoms. The van der Waals surface area contributed by atoms with Gasteiger partial charge in [0.15, 0.2) is 0 Å². The Labute approximate surface area is 182 Å². The topological polar surface area (TPSA) is 49.9 Å². The van der Waals surface area contributed by atoms with Crippen LogP contribution >= 0.6 is 0 Å². The Morgan fingerprint density at radius 1 is 0.839 bits per heavy atom. The Bertz CT molecular complexity index is 1200. The number of likely N-dealkylation sites (N-methyl/N-ethyl adjacent to an activating group) is 1. The number of amides is 2. The maximum Gasteiger partial charge on any atom is 0.282 e. The average molecular weight is 412 g/mol. The highest BCUT2D eigenvalue weighted by molar-refractivity contribution is 6.46. The molecule has 0 unspecified atom stereocenters. The van der Waals surface area contributed by atoms with E-state index in [-0.39, 0.29) is 11.8 Å². The summed E-state index contributed by atoms with van der Waals surface area (Å²) in [6, 6.07) is 22.5. The van der Waals surface area contributed by atoms with Crippen LogP contribution in [0.4, 0.5) is 11.4 Å². The van der Waals surface area contributed by atoms with Crippen LogP contribution < -0.4 is 14.5 Å². The number of aryl methyl sites for hydroxylation is 2. The molecule has 156 valence electrons. The highest BCUT2D eigenvalue weighted by atomic mass is 16.5. The molecular formula is C26H24N2O3. The largest absolute Gasteiger partial charge is 0.496 e. The summed E-state index contributed by atoms with van der Waals surface area (Å²) in [5.74, 6) is -0.177. The summed E-state index contributed by atoms with van der Waals surface area (Å²) < 4.78 is 5.52. The number of ether oxygens (including phenoxy) is 1. The van der Waals surface area contributed by atoms with Gasteiger partial charge in [0.05, 0.1) is 18.4 Å². The molecular weight excluding hydrogens is 388 g/mol. The van der Waals surface area contributed by atoms with E-state index in [0.29, 0.717) is 28.3 Å². The van der Waals surface area contributed by atoms with Crippen LogP contribution in [0.1, 0.15) is 16.7 Å². The van der Waals surface area contributed by atoms with Crippen molar-refractivity contribution in [2.24, 2.45) is 0 Å². The molecule has 3 aromatic carbocycles. The number of para-hydroxylation sites is 2. The van der Waals surface area contributed by atoms with Gasteiger partial charge in [0.25, 0.3) is 11.8 Å². The van der Waals surface area contributed by atoms with Crippen LogP contribution in [-0.2, 0) is 9.59 Å². The fourth-order valence-corrected chi connectivity index (χ4v) is 3.98. The number of imide groups is 1. The number of hydrogen-bond donors (Lipinski definition) is 0. The number of carbonyl (C=O) groups excluding carboxylic acids is 2. The fourth-order valence-electron chi connectivity index (χ4n) is 3.98. The van der Waals surface area contributed by atoms with E-state index in [1.54, 1.807) is 25.1 Å². The molecule has 0 saturated carbocycles. The Balaban J connectivity index is 1.93. The van der Waals surface area contributed by atoms with Crippen LogP contribution in [-0.4, -0.2) is 26.0 Å². The first-order chi connectivity index (χ1) is 14.9. The van der Waals surface area contributed by atoms with E-state index >= 15 is 0 Å². The molecule has 0 radical (unpaired) electrons. The number of nitrogens with zero attached hydrogens (tertiary/aromatic N) is 2. The first kappa shape index (κ1) is 20.4. The van der Waals surface area contributed by atoms with Crippen molar-refractivity contribution in [1.82, 2.24) is 0 Å². The van der Waals surface area contributed by atoms with Gasteiger partial charge in [-0.3, -0.25) is 9.59 Å². The lowest BCUT2D eigenvalue weighted by molar-refractivity contribution is -0.120. The quantitative estimate of drug-likeness (QED) is 0.569. The molecule has 1 aliphatic rings. The molecule has 0 N–H and O–H groups in total. The second-order valence-electron chi connectivity index (χ2n) is 7.55. The molecule has 4 rings (SSSR count). The molecule has 3 aromatic rings. The summed E-state index contributed by atoms with van der Waals surface area (Å²) in [6.07, 6.45) is 0. The van der Waals surface area contributed by atoms with Gasteiger partial charge in [0.1, 0.15) is 11.4 Å². The number of rotatable bonds is 5. The molecule has 0 spiro atoms. The SMILES string of the molecule is COc1ccccc1C1=C(N(C)c2ccccc2)C(=O)N(c2ccc(C)cc2C)C1=O. The van der Waals surface area contributed by atoms with Gasteiger partial charge in [-0.1, -0.05) is 54.1 Å². The lowest BCUT2D eigenvalue weighted by Gasteiger charge is -2.22. The minimum absolute atomic E-state index is 0.320. The second kappa shape index (κ2) is 8.11. The van der Waals surface area contributed by atoms with Gasteiger partial charge in [-0.2, -0.15) is 0 Å². The Morgan fingerprint density at radius 2 is 1.52 bits per heavy atom. The molecule has 0 aromatic heterocycles. The fraction of sp³-hybridized carbons (Fsp3) is 0.154. The van der Waals surface area contributed by atoms with Crippen molar-refractivity contribution in [1.29, 1.82) is 0 Å². The van der Waals surface area contributed by atoms with Crippen molar-refractivity contribution in [2.45, 2.75) is 13.8 Å². The van der Waals surface area contributed by atoms with Crippen LogP contribution in [0.15, 0.2) is 78.5 Å². The normalized spacial score (nSPS) is 13.7. The Morgan fingerprint density at radius 3 is 2.19 bits per heavy atom. The van der Waals surface area contributed by atoms with Gasteiger partial charge in [0.2, 0.25) is 0 Å². The molecule has 2 amide bonds. The maximum absolute atomic E-state index is 13.7. The molecule has 0 aliphatic carbocycles. The van der Waals surface area contributed by atoms with E-state index in [1.165, 1.54) is 4.90 Å². The number of methoxy groups -OCH3 is 1. The van der Waals surface area contributed by atoms with E-state index in [0.717, 1.165) is 16.8 Å². The lowest BCUT2D eigenvalue weighted by Crippen LogP contribution is -2.34. The summed E-state index contributed by atoms with van der Waals surface area (Å²) in [6.45, 7) is 3.89. The second-order valence-corrected chi connectivity index (χ2v) is 7.55. The zero-order valence-electron chi connectivity index (χ0n) is 18.0. The standard InChI is InChI=1S/C26H24N2O3/c1-17-14-15-21(18(2)16-17)28-25(29)23(20-12-8-9-13-22(20)31-4)24(26(28)30)27(3)19-10-6-5-7-11-19/h5-16H,1-4H3. The molecule has 31 heavy (non-hydrogen) atoms. The van der Waals surface area contributed by atoms with Crippen molar-refractivity contribution in [2.75, 3.05) is 24.0 Å². The van der Waals surface area contributed by atoms with Crippen molar-refractivity contribution in [3.63, 3.8) is 0 Å². The number of hydrogen-bond acceptors (Lipinski definition) is 4. The average Bonchev–Trinajstić information content (AvgIpc) is 3.04. The molecule has 0 bridgehead atoms. The molecule has 5 nitrogen and oxygen atoms in total. The van der Waals surface area contributed by atoms with E-state index in [4.69, 9.17) is 4.74 Å². The zero-order valence-corrected chi connectivity index (χ0v) is 18.0. The Kier molecular flexibility index (Phi) is 5.34. The third kappa shape index (κ3) is 3.48. The predicted molar refractivity (Wildman–Crippen MR) is 123 cm³/mol. The highest BCUT2D eigenvalue weighted by Crippen LogP contribution is 2.39. The summed E-state index contributed by atoms with van der Waals surface area (Å²) in [5.41, 5.74) is 4.57. The minimum Gasteiger partial charge on any atom is -0.496 e. The lowest BCUT2D eigenvalue weighted by atomic mass is 10.0. The minimum atomic E-state index is -0.362. The van der Waals surface area contributed by atoms with Crippen LogP contribution in [0.5, 0.6) is 5.75 Å².